The highest BCUT2D eigenvalue weighted by Gasteiger charge is 2.34. The predicted molar refractivity (Wildman–Crippen MR) is 48.0 cm³/mol. The zero-order valence-electron chi connectivity index (χ0n) is 6.98. The van der Waals surface area contributed by atoms with E-state index < -0.39 is 10.0 Å². The van der Waals surface area contributed by atoms with Crippen LogP contribution in [0.3, 0.4) is 0 Å². The van der Waals surface area contributed by atoms with Crippen molar-refractivity contribution in [1.82, 2.24) is 4.72 Å². The molecule has 4 nitrogen and oxygen atoms in total. The van der Waals surface area contributed by atoms with Crippen molar-refractivity contribution < 1.29 is 8.42 Å². The van der Waals surface area contributed by atoms with Crippen LogP contribution in [0.2, 0.25) is 0 Å². The van der Waals surface area contributed by atoms with Crippen LogP contribution in [-0.2, 0) is 10.0 Å². The lowest BCUT2D eigenvalue weighted by Gasteiger charge is -2.00. The lowest BCUT2D eigenvalue weighted by Crippen LogP contribution is -2.20. The van der Waals surface area contributed by atoms with Crippen molar-refractivity contribution >= 4 is 10.0 Å². The fraction of sp³-hybridized carbons (Fsp3) is 0. The Morgan fingerprint density at radius 1 is 1.29 bits per heavy atom. The standard InChI is InChI=1S/C9H5N2O2S/c10-6-5-8-7-3-1-2-4-9(7)14(12,13)11-8/h1-4,11H. The van der Waals surface area contributed by atoms with E-state index in [1.54, 1.807) is 24.3 Å². The van der Waals surface area contributed by atoms with Crippen molar-refractivity contribution in [2.24, 2.45) is 0 Å². The summed E-state index contributed by atoms with van der Waals surface area (Å²) in [5.41, 5.74) is 0.494. The van der Waals surface area contributed by atoms with Crippen LogP contribution in [0.15, 0.2) is 29.2 Å². The normalized spacial score (nSPS) is 18.8. The molecule has 0 unspecified atom stereocenters. The fourth-order valence-electron chi connectivity index (χ4n) is 1.30. The summed E-state index contributed by atoms with van der Waals surface area (Å²) < 4.78 is 25.2. The van der Waals surface area contributed by atoms with Gasteiger partial charge in [0.25, 0.3) is 0 Å². The van der Waals surface area contributed by atoms with Crippen LogP contribution in [0.25, 0.3) is 0 Å². The summed E-state index contributed by atoms with van der Waals surface area (Å²) in [7, 11) is -3.48. The van der Waals surface area contributed by atoms with E-state index in [4.69, 9.17) is 5.26 Å². The maximum absolute atomic E-state index is 11.5. The van der Waals surface area contributed by atoms with Gasteiger partial charge in [-0.15, -0.1) is 0 Å². The first-order chi connectivity index (χ1) is 6.65. The second-order valence-corrected chi connectivity index (χ2v) is 4.36. The maximum atomic E-state index is 11.5. The van der Waals surface area contributed by atoms with Crippen LogP contribution >= 0.6 is 0 Å². The van der Waals surface area contributed by atoms with Crippen LogP contribution < -0.4 is 4.72 Å². The highest BCUT2D eigenvalue weighted by Crippen LogP contribution is 2.30. The van der Waals surface area contributed by atoms with E-state index in [2.05, 4.69) is 11.1 Å². The van der Waals surface area contributed by atoms with Crippen LogP contribution in [-0.4, -0.2) is 8.42 Å². The number of nitrogens with one attached hydrogen (secondary N) is 1. The summed E-state index contributed by atoms with van der Waals surface area (Å²) in [6, 6.07) is 8.35. The number of benzene rings is 1. The third-order valence-corrected chi connectivity index (χ3v) is 3.27. The summed E-state index contributed by atoms with van der Waals surface area (Å²) >= 11 is 0. The number of hydrogen-bond acceptors (Lipinski definition) is 3. The molecule has 1 aromatic rings. The lowest BCUT2D eigenvalue weighted by molar-refractivity contribution is 0.592. The largest absolute Gasteiger partial charge is 0.241 e. The molecule has 2 rings (SSSR count). The molecule has 14 heavy (non-hydrogen) atoms. The van der Waals surface area contributed by atoms with Gasteiger partial charge in [-0.25, -0.2) is 8.42 Å². The number of sulfonamides is 1. The molecule has 3 radical (unpaired) electrons. The van der Waals surface area contributed by atoms with E-state index in [0.717, 1.165) is 0 Å². The van der Waals surface area contributed by atoms with Crippen LogP contribution in [0.1, 0.15) is 5.56 Å². The van der Waals surface area contributed by atoms with Gasteiger partial charge in [-0.05, 0) is 11.6 Å². The zero-order chi connectivity index (χ0) is 10.2. The second-order valence-electron chi connectivity index (χ2n) is 2.71. The molecule has 1 aliphatic rings. The van der Waals surface area contributed by atoms with Crippen LogP contribution in [0.5, 0.6) is 0 Å². The third kappa shape index (κ3) is 1.29. The van der Waals surface area contributed by atoms with Gasteiger partial charge in [0.05, 0.1) is 11.0 Å². The number of nitriles is 1. The monoisotopic (exact) mass is 205 g/mol. The van der Waals surface area contributed by atoms with E-state index in [-0.39, 0.29) is 10.9 Å². The van der Waals surface area contributed by atoms with Gasteiger partial charge in [-0.2, -0.15) is 9.98 Å². The Balaban J connectivity index is 2.56. The predicted octanol–water partition coefficient (Wildman–Crippen LogP) is 0.463. The van der Waals surface area contributed by atoms with Crippen LogP contribution in [0.4, 0.5) is 0 Å². The van der Waals surface area contributed by atoms with Crippen molar-refractivity contribution in [2.75, 3.05) is 0 Å². The minimum Gasteiger partial charge on any atom is -0.207 e. The molecule has 1 aliphatic heterocycles. The first-order valence-corrected chi connectivity index (χ1v) is 5.28. The molecule has 1 aromatic carbocycles. The molecule has 5 heteroatoms. The molecular weight excluding hydrogens is 200 g/mol. The van der Waals surface area contributed by atoms with E-state index in [0.29, 0.717) is 5.56 Å². The van der Waals surface area contributed by atoms with Crippen molar-refractivity contribution in [3.05, 3.63) is 42.3 Å². The van der Waals surface area contributed by atoms with Crippen LogP contribution in [0, 0.1) is 23.8 Å². The molecule has 0 bridgehead atoms. The van der Waals surface area contributed by atoms with Gasteiger partial charge in [0, 0.05) is 0 Å². The molecule has 0 amide bonds. The van der Waals surface area contributed by atoms with Gasteiger partial charge in [-0.3, -0.25) is 0 Å². The van der Waals surface area contributed by atoms with Gasteiger partial charge < -0.3 is 0 Å². The van der Waals surface area contributed by atoms with E-state index in [1.807, 2.05) is 0 Å². The first kappa shape index (κ1) is 9.19. The summed E-state index contributed by atoms with van der Waals surface area (Å²) in [6.45, 7) is 0. The minimum absolute atomic E-state index is 0.192. The minimum atomic E-state index is -3.48. The average molecular weight is 205 g/mol. The Hall–Kier alpha value is -1.38. The summed E-state index contributed by atoms with van der Waals surface area (Å²) in [5.74, 6) is 0. The number of hydrogen-bond donors (Lipinski definition) is 1. The summed E-state index contributed by atoms with van der Waals surface area (Å²) in [6.07, 6.45) is 2.29. The first-order valence-electron chi connectivity index (χ1n) is 3.79. The van der Waals surface area contributed by atoms with Crippen molar-refractivity contribution in [2.45, 2.75) is 4.90 Å². The zero-order valence-corrected chi connectivity index (χ0v) is 7.80. The maximum Gasteiger partial charge on any atom is 0.241 e. The topological polar surface area (TPSA) is 70.0 Å². The molecule has 0 fully saturated rings. The average Bonchev–Trinajstić information content (AvgIpc) is 2.41. The Morgan fingerprint density at radius 2 is 2.00 bits per heavy atom. The smallest absolute Gasteiger partial charge is 0.207 e. The van der Waals surface area contributed by atoms with Gasteiger partial charge >= 0.3 is 0 Å². The molecule has 1 N–H and O–H groups in total. The Kier molecular flexibility index (Phi) is 2.02. The molecule has 1 heterocycles. The van der Waals surface area contributed by atoms with E-state index in [1.165, 1.54) is 6.07 Å². The molecule has 0 spiro atoms. The molecule has 0 aliphatic carbocycles. The van der Waals surface area contributed by atoms with Crippen molar-refractivity contribution in [1.29, 1.82) is 5.26 Å². The van der Waals surface area contributed by atoms with E-state index >= 15 is 0 Å². The quantitative estimate of drug-likeness (QED) is 0.724. The molecule has 0 saturated heterocycles. The number of nitrogens with zero attached hydrogens (tertiary/aromatic N) is 1. The lowest BCUT2D eigenvalue weighted by atomic mass is 10.1. The van der Waals surface area contributed by atoms with Gasteiger partial charge in [0.15, 0.2) is 0 Å². The molecule has 0 aromatic heterocycles. The summed E-state index contributed by atoms with van der Waals surface area (Å²) in [4.78, 5) is 0.192. The highest BCUT2D eigenvalue weighted by atomic mass is 32.2. The Bertz CT molecular complexity index is 502. The van der Waals surface area contributed by atoms with Gasteiger partial charge in [0.2, 0.25) is 10.0 Å². The number of fused-ring (bicyclic) bond motifs is 1. The van der Waals surface area contributed by atoms with Gasteiger partial charge in [0.1, 0.15) is 12.5 Å². The second kappa shape index (κ2) is 3.08. The van der Waals surface area contributed by atoms with Gasteiger partial charge in [-0.1, -0.05) is 18.2 Å². The highest BCUT2D eigenvalue weighted by molar-refractivity contribution is 7.90. The summed E-state index contributed by atoms with van der Waals surface area (Å²) in [5, 5.41) is 8.41. The SMILES string of the molecule is N#C[C][C]1NS(=O)(=O)c2ccccc21. The molecule has 69 valence electrons. The van der Waals surface area contributed by atoms with Crippen molar-refractivity contribution in [3.63, 3.8) is 0 Å². The third-order valence-electron chi connectivity index (χ3n) is 1.86. The molecular formula is C9H5N2O2S. The molecule has 0 saturated carbocycles. The Labute approximate surface area is 82.2 Å². The fourth-order valence-corrected chi connectivity index (χ4v) is 2.56. The molecule has 0 atom stereocenters. The Morgan fingerprint density at radius 3 is 2.71 bits per heavy atom. The van der Waals surface area contributed by atoms with Crippen molar-refractivity contribution in [3.8, 4) is 6.07 Å². The van der Waals surface area contributed by atoms with E-state index in [9.17, 15) is 8.42 Å². The number of rotatable bonds is 1.